The number of rotatable bonds is 6. The Morgan fingerprint density at radius 2 is 1.89 bits per heavy atom. The predicted octanol–water partition coefficient (Wildman–Crippen LogP) is 4.45. The van der Waals surface area contributed by atoms with Crippen LogP contribution in [0, 0.1) is 0 Å². The minimum absolute atomic E-state index is 0.0109. The van der Waals surface area contributed by atoms with Crippen molar-refractivity contribution in [2.75, 3.05) is 25.5 Å². The lowest BCUT2D eigenvalue weighted by Gasteiger charge is -2.29. The number of hydrogen-bond acceptors (Lipinski definition) is 4. The van der Waals surface area contributed by atoms with Crippen LogP contribution in [-0.2, 0) is 4.79 Å². The maximum absolute atomic E-state index is 12.7. The SMILES string of the molecule is COc1ccc(C2CCCCCN2CC(=O)Nc2cccc(C(C)=O)c2)cc1. The Balaban J connectivity index is 1.70. The van der Waals surface area contributed by atoms with Gasteiger partial charge in [0.2, 0.25) is 5.91 Å². The number of hydrogen-bond donors (Lipinski definition) is 1. The number of likely N-dealkylation sites (tertiary alicyclic amines) is 1. The van der Waals surface area contributed by atoms with E-state index in [2.05, 4.69) is 22.3 Å². The Bertz CT molecular complexity index is 817. The summed E-state index contributed by atoms with van der Waals surface area (Å²) in [5.74, 6) is 0.774. The maximum Gasteiger partial charge on any atom is 0.238 e. The highest BCUT2D eigenvalue weighted by molar-refractivity contribution is 5.97. The van der Waals surface area contributed by atoms with Crippen LogP contribution >= 0.6 is 0 Å². The lowest BCUT2D eigenvalue weighted by molar-refractivity contribution is -0.117. The van der Waals surface area contributed by atoms with Gasteiger partial charge in [0, 0.05) is 17.3 Å². The lowest BCUT2D eigenvalue weighted by Crippen LogP contribution is -2.36. The number of carbonyl (C=O) groups is 2. The number of ketones is 1. The Hall–Kier alpha value is -2.66. The van der Waals surface area contributed by atoms with E-state index in [4.69, 9.17) is 4.74 Å². The molecule has 0 aromatic heterocycles. The molecule has 1 heterocycles. The third-order valence-corrected chi connectivity index (χ3v) is 5.26. The largest absolute Gasteiger partial charge is 0.497 e. The van der Waals surface area contributed by atoms with Gasteiger partial charge in [0.25, 0.3) is 0 Å². The lowest BCUT2D eigenvalue weighted by atomic mass is 10.0. The number of amides is 1. The predicted molar refractivity (Wildman–Crippen MR) is 111 cm³/mol. The molecular weight excluding hydrogens is 352 g/mol. The quantitative estimate of drug-likeness (QED) is 0.752. The van der Waals surface area contributed by atoms with E-state index in [1.807, 2.05) is 18.2 Å². The first-order chi connectivity index (χ1) is 13.6. The molecule has 3 rings (SSSR count). The topological polar surface area (TPSA) is 58.6 Å². The summed E-state index contributed by atoms with van der Waals surface area (Å²) in [7, 11) is 1.67. The van der Waals surface area contributed by atoms with Gasteiger partial charge in [-0.15, -0.1) is 0 Å². The first-order valence-electron chi connectivity index (χ1n) is 9.85. The molecule has 2 aromatic carbocycles. The summed E-state index contributed by atoms with van der Waals surface area (Å²) in [5.41, 5.74) is 2.48. The zero-order chi connectivity index (χ0) is 19.9. The second-order valence-corrected chi connectivity index (χ2v) is 7.29. The van der Waals surface area contributed by atoms with Crippen LogP contribution in [0.15, 0.2) is 48.5 Å². The van der Waals surface area contributed by atoms with E-state index in [0.717, 1.165) is 31.6 Å². The highest BCUT2D eigenvalue weighted by atomic mass is 16.5. The molecule has 0 spiro atoms. The summed E-state index contributed by atoms with van der Waals surface area (Å²) in [6, 6.07) is 15.5. The fourth-order valence-electron chi connectivity index (χ4n) is 3.76. The van der Waals surface area contributed by atoms with E-state index in [9.17, 15) is 9.59 Å². The van der Waals surface area contributed by atoms with Crippen LogP contribution < -0.4 is 10.1 Å². The average molecular weight is 380 g/mol. The van der Waals surface area contributed by atoms with E-state index >= 15 is 0 Å². The van der Waals surface area contributed by atoms with Crippen molar-refractivity contribution in [2.24, 2.45) is 0 Å². The van der Waals surface area contributed by atoms with Crippen LogP contribution in [0.1, 0.15) is 54.6 Å². The monoisotopic (exact) mass is 380 g/mol. The van der Waals surface area contributed by atoms with Crippen LogP contribution in [0.25, 0.3) is 0 Å². The number of benzene rings is 2. The smallest absolute Gasteiger partial charge is 0.238 e. The van der Waals surface area contributed by atoms with Gasteiger partial charge in [0.05, 0.1) is 13.7 Å². The van der Waals surface area contributed by atoms with Gasteiger partial charge in [0.1, 0.15) is 5.75 Å². The molecule has 148 valence electrons. The first-order valence-corrected chi connectivity index (χ1v) is 9.85. The minimum Gasteiger partial charge on any atom is -0.497 e. The van der Waals surface area contributed by atoms with Crippen molar-refractivity contribution in [2.45, 2.75) is 38.6 Å². The van der Waals surface area contributed by atoms with Crippen molar-refractivity contribution < 1.29 is 14.3 Å². The molecule has 1 amide bonds. The van der Waals surface area contributed by atoms with Gasteiger partial charge >= 0.3 is 0 Å². The van der Waals surface area contributed by atoms with E-state index in [1.165, 1.54) is 18.9 Å². The minimum atomic E-state index is -0.0545. The molecule has 5 nitrogen and oxygen atoms in total. The van der Waals surface area contributed by atoms with Crippen molar-refractivity contribution in [3.8, 4) is 5.75 Å². The van der Waals surface area contributed by atoms with Crippen LogP contribution in [0.3, 0.4) is 0 Å². The molecule has 1 aliphatic rings. The molecule has 1 fully saturated rings. The molecule has 1 N–H and O–H groups in total. The van der Waals surface area contributed by atoms with Gasteiger partial charge in [-0.25, -0.2) is 0 Å². The number of ether oxygens (including phenoxy) is 1. The summed E-state index contributed by atoms with van der Waals surface area (Å²) >= 11 is 0. The third kappa shape index (κ3) is 5.20. The summed E-state index contributed by atoms with van der Waals surface area (Å²) < 4.78 is 5.26. The van der Waals surface area contributed by atoms with Gasteiger partial charge in [-0.05, 0) is 56.1 Å². The van der Waals surface area contributed by atoms with E-state index in [-0.39, 0.29) is 17.7 Å². The number of nitrogens with one attached hydrogen (secondary N) is 1. The van der Waals surface area contributed by atoms with Crippen molar-refractivity contribution in [3.05, 3.63) is 59.7 Å². The van der Waals surface area contributed by atoms with Crippen molar-refractivity contribution in [1.29, 1.82) is 0 Å². The van der Waals surface area contributed by atoms with E-state index < -0.39 is 0 Å². The third-order valence-electron chi connectivity index (χ3n) is 5.26. The number of anilines is 1. The highest BCUT2D eigenvalue weighted by Crippen LogP contribution is 2.31. The van der Waals surface area contributed by atoms with Crippen LogP contribution in [0.2, 0.25) is 0 Å². The fourth-order valence-corrected chi connectivity index (χ4v) is 3.76. The van der Waals surface area contributed by atoms with Gasteiger partial charge in [-0.1, -0.05) is 37.1 Å². The second-order valence-electron chi connectivity index (χ2n) is 7.29. The molecule has 0 aliphatic carbocycles. The van der Waals surface area contributed by atoms with Gasteiger partial charge in [0.15, 0.2) is 5.78 Å². The van der Waals surface area contributed by atoms with Crippen LogP contribution in [0.4, 0.5) is 5.69 Å². The van der Waals surface area contributed by atoms with Crippen molar-refractivity contribution in [3.63, 3.8) is 0 Å². The Morgan fingerprint density at radius 3 is 2.61 bits per heavy atom. The van der Waals surface area contributed by atoms with Crippen molar-refractivity contribution in [1.82, 2.24) is 4.90 Å². The average Bonchev–Trinajstić information content (AvgIpc) is 2.93. The molecule has 2 aromatic rings. The molecular formula is C23H28N2O3. The van der Waals surface area contributed by atoms with Gasteiger partial charge < -0.3 is 10.1 Å². The van der Waals surface area contributed by atoms with Gasteiger partial charge in [-0.2, -0.15) is 0 Å². The Morgan fingerprint density at radius 1 is 1.11 bits per heavy atom. The zero-order valence-corrected chi connectivity index (χ0v) is 16.6. The standard InChI is InChI=1S/C23H28N2O3/c1-17(26)19-7-6-8-20(15-19)24-23(27)16-25-14-5-3-4-9-22(25)18-10-12-21(28-2)13-11-18/h6-8,10-13,15,22H,3-5,9,14,16H2,1-2H3,(H,24,27). The first kappa shape index (κ1) is 20.1. The molecule has 1 atom stereocenters. The second kappa shape index (κ2) is 9.51. The number of carbonyl (C=O) groups excluding carboxylic acids is 2. The summed E-state index contributed by atoms with van der Waals surface area (Å²) in [5, 5.41) is 2.94. The molecule has 0 radical (unpaired) electrons. The molecule has 28 heavy (non-hydrogen) atoms. The molecule has 1 saturated heterocycles. The van der Waals surface area contributed by atoms with Crippen molar-refractivity contribution >= 4 is 17.4 Å². The molecule has 1 unspecified atom stereocenters. The number of nitrogens with zero attached hydrogens (tertiary/aromatic N) is 1. The van der Waals surface area contributed by atoms with Gasteiger partial charge in [-0.3, -0.25) is 14.5 Å². The Kier molecular flexibility index (Phi) is 6.82. The number of methoxy groups -OCH3 is 1. The maximum atomic E-state index is 12.7. The van der Waals surface area contributed by atoms with Crippen LogP contribution in [-0.4, -0.2) is 36.8 Å². The molecule has 5 heteroatoms. The van der Waals surface area contributed by atoms with E-state index in [1.54, 1.807) is 25.3 Å². The molecule has 1 aliphatic heterocycles. The van der Waals surface area contributed by atoms with E-state index in [0.29, 0.717) is 17.8 Å². The normalized spacial score (nSPS) is 17.6. The molecule has 0 saturated carbocycles. The summed E-state index contributed by atoms with van der Waals surface area (Å²) in [6.07, 6.45) is 4.49. The Labute approximate surface area is 166 Å². The highest BCUT2D eigenvalue weighted by Gasteiger charge is 2.24. The summed E-state index contributed by atoms with van der Waals surface area (Å²) in [6.45, 7) is 2.76. The number of Topliss-reactive ketones (excluding diaryl/α,β-unsaturated/α-hetero) is 1. The van der Waals surface area contributed by atoms with Crippen LogP contribution in [0.5, 0.6) is 5.75 Å². The zero-order valence-electron chi connectivity index (χ0n) is 16.6. The fraction of sp³-hybridized carbons (Fsp3) is 0.391. The summed E-state index contributed by atoms with van der Waals surface area (Å²) in [4.78, 5) is 26.5. The molecule has 0 bridgehead atoms.